The molecule has 25 heavy (non-hydrogen) atoms. The summed E-state index contributed by atoms with van der Waals surface area (Å²) in [5.74, 6) is 0.798. The Kier molecular flexibility index (Phi) is 5.42. The first kappa shape index (κ1) is 17.9. The fourth-order valence-corrected chi connectivity index (χ4v) is 3.76. The summed E-state index contributed by atoms with van der Waals surface area (Å²) in [4.78, 5) is 2.36. The molecule has 0 spiro atoms. The second-order valence-electron chi connectivity index (χ2n) is 6.98. The van der Waals surface area contributed by atoms with E-state index in [1.165, 1.54) is 5.56 Å². The van der Waals surface area contributed by atoms with Crippen molar-refractivity contribution in [2.45, 2.75) is 44.6 Å². The van der Waals surface area contributed by atoms with Gasteiger partial charge in [-0.25, -0.2) is 0 Å². The maximum Gasteiger partial charge on any atom is 0.118 e. The molecule has 1 saturated heterocycles. The minimum absolute atomic E-state index is 0.0683. The van der Waals surface area contributed by atoms with E-state index < -0.39 is 5.60 Å². The largest absolute Gasteiger partial charge is 0.497 e. The SMILES string of the molecule is COc1ccc([C@](C)(O)[C@@H]2CCCN2Cc2ccc(CO)cc2)cc1. The maximum absolute atomic E-state index is 11.3. The van der Waals surface area contributed by atoms with Crippen molar-refractivity contribution < 1.29 is 14.9 Å². The number of likely N-dealkylation sites (tertiary alicyclic amines) is 1. The highest BCUT2D eigenvalue weighted by Crippen LogP contribution is 2.36. The highest BCUT2D eigenvalue weighted by atomic mass is 16.5. The molecule has 0 amide bonds. The number of methoxy groups -OCH3 is 1. The zero-order chi connectivity index (χ0) is 17.9. The van der Waals surface area contributed by atoms with Gasteiger partial charge in [-0.3, -0.25) is 4.90 Å². The van der Waals surface area contributed by atoms with E-state index in [9.17, 15) is 10.2 Å². The van der Waals surface area contributed by atoms with Gasteiger partial charge in [0.25, 0.3) is 0 Å². The zero-order valence-electron chi connectivity index (χ0n) is 15.0. The Morgan fingerprint density at radius 2 is 1.72 bits per heavy atom. The summed E-state index contributed by atoms with van der Waals surface area (Å²) >= 11 is 0. The van der Waals surface area contributed by atoms with Crippen molar-refractivity contribution in [1.29, 1.82) is 0 Å². The molecule has 2 aromatic carbocycles. The van der Waals surface area contributed by atoms with Crippen LogP contribution in [0.15, 0.2) is 48.5 Å². The van der Waals surface area contributed by atoms with E-state index in [0.717, 1.165) is 42.8 Å². The Balaban J connectivity index is 1.76. The van der Waals surface area contributed by atoms with Crippen molar-refractivity contribution in [3.63, 3.8) is 0 Å². The van der Waals surface area contributed by atoms with Gasteiger partial charge in [0.05, 0.1) is 13.7 Å². The lowest BCUT2D eigenvalue weighted by molar-refractivity contribution is -0.0254. The molecular formula is C21H27NO3. The molecule has 1 aliphatic rings. The number of hydrogen-bond donors (Lipinski definition) is 2. The second-order valence-corrected chi connectivity index (χ2v) is 6.98. The van der Waals surface area contributed by atoms with E-state index in [-0.39, 0.29) is 12.6 Å². The van der Waals surface area contributed by atoms with Crippen LogP contribution in [0.25, 0.3) is 0 Å². The highest BCUT2D eigenvalue weighted by Gasteiger charge is 2.40. The molecule has 2 aromatic rings. The molecule has 0 bridgehead atoms. The van der Waals surface area contributed by atoms with Gasteiger partial charge in [0.1, 0.15) is 11.4 Å². The Morgan fingerprint density at radius 1 is 1.08 bits per heavy atom. The molecule has 4 heteroatoms. The molecule has 134 valence electrons. The maximum atomic E-state index is 11.3. The van der Waals surface area contributed by atoms with Crippen molar-refractivity contribution in [2.75, 3.05) is 13.7 Å². The number of benzene rings is 2. The summed E-state index contributed by atoms with van der Waals surface area (Å²) in [6.45, 7) is 3.77. The van der Waals surface area contributed by atoms with Crippen molar-refractivity contribution in [3.05, 3.63) is 65.2 Å². The van der Waals surface area contributed by atoms with E-state index >= 15 is 0 Å². The lowest BCUT2D eigenvalue weighted by Gasteiger charge is -2.37. The highest BCUT2D eigenvalue weighted by molar-refractivity contribution is 5.32. The van der Waals surface area contributed by atoms with Gasteiger partial charge in [0.2, 0.25) is 0 Å². The molecule has 1 fully saturated rings. The van der Waals surface area contributed by atoms with Crippen LogP contribution >= 0.6 is 0 Å². The van der Waals surface area contributed by atoms with Crippen LogP contribution < -0.4 is 4.74 Å². The van der Waals surface area contributed by atoms with E-state index in [2.05, 4.69) is 17.0 Å². The first-order valence-corrected chi connectivity index (χ1v) is 8.84. The molecule has 0 unspecified atom stereocenters. The minimum Gasteiger partial charge on any atom is -0.497 e. The van der Waals surface area contributed by atoms with Gasteiger partial charge in [-0.1, -0.05) is 36.4 Å². The summed E-state index contributed by atoms with van der Waals surface area (Å²) in [5.41, 5.74) is 2.13. The molecule has 1 heterocycles. The van der Waals surface area contributed by atoms with Crippen LogP contribution in [0, 0.1) is 0 Å². The quantitative estimate of drug-likeness (QED) is 0.848. The summed E-state index contributed by atoms with van der Waals surface area (Å²) < 4.78 is 5.22. The van der Waals surface area contributed by atoms with Gasteiger partial charge in [0, 0.05) is 12.6 Å². The van der Waals surface area contributed by atoms with Crippen molar-refractivity contribution in [2.24, 2.45) is 0 Å². The van der Waals surface area contributed by atoms with E-state index in [1.807, 2.05) is 43.3 Å². The first-order chi connectivity index (χ1) is 12.0. The summed E-state index contributed by atoms with van der Waals surface area (Å²) in [5, 5.41) is 20.4. The van der Waals surface area contributed by atoms with Gasteiger partial charge in [-0.15, -0.1) is 0 Å². The van der Waals surface area contributed by atoms with E-state index in [1.54, 1.807) is 7.11 Å². The van der Waals surface area contributed by atoms with Crippen molar-refractivity contribution in [3.8, 4) is 5.75 Å². The van der Waals surface area contributed by atoms with Crippen LogP contribution in [0.2, 0.25) is 0 Å². The minimum atomic E-state index is -0.909. The monoisotopic (exact) mass is 341 g/mol. The normalized spacial score (nSPS) is 20.4. The Bertz CT molecular complexity index is 679. The third-order valence-corrected chi connectivity index (χ3v) is 5.28. The van der Waals surface area contributed by atoms with E-state index in [0.29, 0.717) is 0 Å². The predicted molar refractivity (Wildman–Crippen MR) is 98.4 cm³/mol. The number of hydrogen-bond acceptors (Lipinski definition) is 4. The van der Waals surface area contributed by atoms with Gasteiger partial charge >= 0.3 is 0 Å². The van der Waals surface area contributed by atoms with Crippen LogP contribution in [-0.2, 0) is 18.8 Å². The van der Waals surface area contributed by atoms with Gasteiger partial charge in [-0.05, 0) is 55.1 Å². The fourth-order valence-electron chi connectivity index (χ4n) is 3.76. The average Bonchev–Trinajstić information content (AvgIpc) is 3.11. The molecule has 0 aliphatic carbocycles. The number of aliphatic hydroxyl groups excluding tert-OH is 1. The average molecular weight is 341 g/mol. The molecule has 1 aliphatic heterocycles. The van der Waals surface area contributed by atoms with Crippen LogP contribution in [0.3, 0.4) is 0 Å². The third-order valence-electron chi connectivity index (χ3n) is 5.28. The topological polar surface area (TPSA) is 52.9 Å². The molecule has 0 radical (unpaired) electrons. The van der Waals surface area contributed by atoms with E-state index in [4.69, 9.17) is 4.74 Å². The van der Waals surface area contributed by atoms with Gasteiger partial charge in [-0.2, -0.15) is 0 Å². The Hall–Kier alpha value is -1.88. The fraction of sp³-hybridized carbons (Fsp3) is 0.429. The van der Waals surface area contributed by atoms with Crippen molar-refractivity contribution in [1.82, 2.24) is 4.90 Å². The van der Waals surface area contributed by atoms with Crippen LogP contribution in [-0.4, -0.2) is 34.8 Å². The smallest absolute Gasteiger partial charge is 0.118 e. The van der Waals surface area contributed by atoms with Crippen LogP contribution in [0.5, 0.6) is 5.75 Å². The lowest BCUT2D eigenvalue weighted by atomic mass is 9.86. The standard InChI is InChI=1S/C21H27NO3/c1-21(24,18-9-11-19(25-2)12-10-18)20-4-3-13-22(20)14-16-5-7-17(15-23)8-6-16/h5-12,20,23-24H,3-4,13-15H2,1-2H3/t20-,21-/m0/s1. The van der Waals surface area contributed by atoms with Crippen LogP contribution in [0.4, 0.5) is 0 Å². The predicted octanol–water partition coefficient (Wildman–Crippen LogP) is 3.06. The first-order valence-electron chi connectivity index (χ1n) is 8.84. The van der Waals surface area contributed by atoms with Crippen molar-refractivity contribution >= 4 is 0 Å². The molecule has 3 rings (SSSR count). The number of ether oxygens (including phenoxy) is 1. The number of rotatable bonds is 6. The lowest BCUT2D eigenvalue weighted by Crippen LogP contribution is -2.45. The van der Waals surface area contributed by atoms with Gasteiger partial charge in [0.15, 0.2) is 0 Å². The summed E-state index contributed by atoms with van der Waals surface area (Å²) in [6, 6.07) is 15.8. The molecular weight excluding hydrogens is 314 g/mol. The molecule has 0 aromatic heterocycles. The number of nitrogens with zero attached hydrogens (tertiary/aromatic N) is 1. The molecule has 2 atom stereocenters. The molecule has 4 nitrogen and oxygen atoms in total. The van der Waals surface area contributed by atoms with Gasteiger partial charge < -0.3 is 14.9 Å². The number of aliphatic hydroxyl groups is 2. The summed E-state index contributed by atoms with van der Waals surface area (Å²) in [6.07, 6.45) is 2.07. The van der Waals surface area contributed by atoms with Crippen LogP contribution in [0.1, 0.15) is 36.5 Å². The molecule has 2 N–H and O–H groups in total. The zero-order valence-corrected chi connectivity index (χ0v) is 15.0. The Labute approximate surface area is 149 Å². The third kappa shape index (κ3) is 3.87. The summed E-state index contributed by atoms with van der Waals surface area (Å²) in [7, 11) is 1.65. The molecule has 0 saturated carbocycles. The Morgan fingerprint density at radius 3 is 2.32 bits per heavy atom. The second kappa shape index (κ2) is 7.56.